The number of nitrogens with two attached hydrogens (primary N) is 1. The Bertz CT molecular complexity index is 1320. The lowest BCUT2D eigenvalue weighted by molar-refractivity contribution is 0.0390. The van der Waals surface area contributed by atoms with Crippen molar-refractivity contribution < 1.29 is 14.3 Å². The number of halogens is 1. The van der Waals surface area contributed by atoms with Gasteiger partial charge in [-0.15, -0.1) is 0 Å². The van der Waals surface area contributed by atoms with E-state index in [1.165, 1.54) is 4.90 Å². The van der Waals surface area contributed by atoms with Gasteiger partial charge in [0.05, 0.1) is 41.0 Å². The third-order valence-corrected chi connectivity index (χ3v) is 6.54. The summed E-state index contributed by atoms with van der Waals surface area (Å²) in [6.45, 7) is 5.01. The van der Waals surface area contributed by atoms with Gasteiger partial charge in [-0.1, -0.05) is 36.7 Å². The molecule has 0 bridgehead atoms. The van der Waals surface area contributed by atoms with Crippen molar-refractivity contribution >= 4 is 34.5 Å². The van der Waals surface area contributed by atoms with Gasteiger partial charge in [0.25, 0.3) is 5.91 Å². The van der Waals surface area contributed by atoms with Gasteiger partial charge in [-0.3, -0.25) is 9.69 Å². The van der Waals surface area contributed by atoms with E-state index < -0.39 is 12.3 Å². The fraction of sp³-hybridized carbons (Fsp3) is 0.308. The number of carbonyl (C=O) groups excluding carboxylic acids is 2. The summed E-state index contributed by atoms with van der Waals surface area (Å²) in [5.41, 5.74) is 10.1. The molecule has 2 N–H and O–H groups in total. The Hall–Kier alpha value is -3.67. The van der Waals surface area contributed by atoms with Gasteiger partial charge in [0.15, 0.2) is 0 Å². The lowest BCUT2D eigenvalue weighted by Crippen LogP contribution is -2.60. The van der Waals surface area contributed by atoms with Gasteiger partial charge in [0, 0.05) is 29.6 Å². The zero-order chi connectivity index (χ0) is 25.1. The topological polar surface area (TPSA) is 113 Å². The second kappa shape index (κ2) is 10.3. The van der Waals surface area contributed by atoms with Crippen LogP contribution in [0.15, 0.2) is 42.5 Å². The van der Waals surface area contributed by atoms with Crippen molar-refractivity contribution in [2.24, 2.45) is 5.73 Å². The molecule has 1 fully saturated rings. The van der Waals surface area contributed by atoms with Crippen molar-refractivity contribution in [2.75, 3.05) is 26.2 Å². The van der Waals surface area contributed by atoms with Gasteiger partial charge in [0.2, 0.25) is 0 Å². The number of nitriles is 1. The van der Waals surface area contributed by atoms with E-state index in [0.29, 0.717) is 47.1 Å². The van der Waals surface area contributed by atoms with E-state index in [1.54, 1.807) is 35.2 Å². The molecule has 180 valence electrons. The summed E-state index contributed by atoms with van der Waals surface area (Å²) in [4.78, 5) is 33.3. The van der Waals surface area contributed by atoms with Crippen LogP contribution >= 0.6 is 11.6 Å². The second-order valence-corrected chi connectivity index (χ2v) is 8.82. The van der Waals surface area contributed by atoms with Crippen molar-refractivity contribution in [3.8, 4) is 17.3 Å². The number of aromatic nitrogens is 1. The number of benzene rings is 2. The minimum atomic E-state index is -0.643. The lowest BCUT2D eigenvalue weighted by Gasteiger charge is -2.38. The smallest absolute Gasteiger partial charge is 0.411 e. The minimum absolute atomic E-state index is 0.192. The molecule has 1 aliphatic heterocycles. The van der Waals surface area contributed by atoms with Crippen molar-refractivity contribution in [3.63, 3.8) is 0 Å². The first-order valence-corrected chi connectivity index (χ1v) is 11.8. The Balaban J connectivity index is 1.59. The van der Waals surface area contributed by atoms with E-state index in [2.05, 4.69) is 6.07 Å². The van der Waals surface area contributed by atoms with E-state index in [-0.39, 0.29) is 12.5 Å². The van der Waals surface area contributed by atoms with Crippen LogP contribution in [-0.2, 0) is 4.74 Å². The number of amides is 2. The molecular weight excluding hydrogens is 466 g/mol. The quantitative estimate of drug-likeness (QED) is 0.581. The highest BCUT2D eigenvalue weighted by Crippen LogP contribution is 2.33. The van der Waals surface area contributed by atoms with E-state index in [1.807, 2.05) is 26.0 Å². The number of carbonyl (C=O) groups is 2. The molecule has 1 atom stereocenters. The first kappa shape index (κ1) is 24.5. The predicted molar refractivity (Wildman–Crippen MR) is 134 cm³/mol. The third-order valence-electron chi connectivity index (χ3n) is 6.06. The number of fused-ring (bicyclic) bond motifs is 1. The normalized spacial score (nSPS) is 15.7. The highest BCUT2D eigenvalue weighted by atomic mass is 35.5. The van der Waals surface area contributed by atoms with Gasteiger partial charge >= 0.3 is 6.09 Å². The molecule has 3 aromatic rings. The average Bonchev–Trinajstić information content (AvgIpc) is 2.88. The lowest BCUT2D eigenvalue weighted by atomic mass is 10.0. The standard InChI is InChI=1S/C26H26ClN5O3/c1-3-12-35-26(34)32-11-10-31(15-22(32)29)25(33)19-8-9-20-21(13-19)30-24(16(2)23(20)27)18-6-4-17(14-28)5-7-18/h4-9,13,22H,3,10-12,15,29H2,1-2H3/t22-/m0/s1. The van der Waals surface area contributed by atoms with Crippen LogP contribution in [-0.4, -0.2) is 59.2 Å². The van der Waals surface area contributed by atoms with E-state index in [9.17, 15) is 9.59 Å². The average molecular weight is 492 g/mol. The molecule has 1 aliphatic rings. The zero-order valence-electron chi connectivity index (χ0n) is 19.6. The molecule has 0 unspecified atom stereocenters. The van der Waals surface area contributed by atoms with Gasteiger partial charge in [-0.05, 0) is 43.2 Å². The number of ether oxygens (including phenoxy) is 1. The highest BCUT2D eigenvalue weighted by molar-refractivity contribution is 6.36. The van der Waals surface area contributed by atoms with Crippen LogP contribution in [0.1, 0.15) is 34.8 Å². The molecule has 4 rings (SSSR count). The summed E-state index contributed by atoms with van der Waals surface area (Å²) >= 11 is 6.67. The molecule has 2 amide bonds. The van der Waals surface area contributed by atoms with Crippen LogP contribution in [0.2, 0.25) is 5.02 Å². The molecule has 0 saturated carbocycles. The van der Waals surface area contributed by atoms with Gasteiger partial charge in [0.1, 0.15) is 6.17 Å². The maximum atomic E-state index is 13.3. The van der Waals surface area contributed by atoms with Crippen LogP contribution in [0.25, 0.3) is 22.2 Å². The van der Waals surface area contributed by atoms with Crippen LogP contribution in [0.4, 0.5) is 4.79 Å². The number of hydrogen-bond acceptors (Lipinski definition) is 6. The molecule has 35 heavy (non-hydrogen) atoms. The Labute approximate surface area is 208 Å². The Morgan fingerprint density at radius 2 is 1.97 bits per heavy atom. The zero-order valence-corrected chi connectivity index (χ0v) is 20.4. The van der Waals surface area contributed by atoms with Gasteiger partial charge < -0.3 is 15.4 Å². The number of rotatable bonds is 4. The SMILES string of the molecule is CCCOC(=O)N1CCN(C(=O)c2ccc3c(Cl)c(C)c(-c4ccc(C#N)cc4)nc3c2)C[C@H]1N. The fourth-order valence-corrected chi connectivity index (χ4v) is 4.36. The maximum Gasteiger partial charge on any atom is 0.411 e. The fourth-order valence-electron chi connectivity index (χ4n) is 4.11. The molecule has 1 aromatic heterocycles. The van der Waals surface area contributed by atoms with Crippen LogP contribution in [0, 0.1) is 18.3 Å². The molecule has 0 radical (unpaired) electrons. The van der Waals surface area contributed by atoms with Crippen molar-refractivity contribution in [3.05, 3.63) is 64.2 Å². The number of hydrogen-bond donors (Lipinski definition) is 1. The molecule has 9 heteroatoms. The molecular formula is C26H26ClN5O3. The van der Waals surface area contributed by atoms with Crippen molar-refractivity contribution in [1.29, 1.82) is 5.26 Å². The second-order valence-electron chi connectivity index (χ2n) is 8.45. The van der Waals surface area contributed by atoms with E-state index >= 15 is 0 Å². The largest absolute Gasteiger partial charge is 0.449 e. The maximum absolute atomic E-state index is 13.3. The van der Waals surface area contributed by atoms with Crippen molar-refractivity contribution in [2.45, 2.75) is 26.4 Å². The van der Waals surface area contributed by atoms with Crippen LogP contribution in [0.5, 0.6) is 0 Å². The summed E-state index contributed by atoms with van der Waals surface area (Å²) < 4.78 is 5.18. The summed E-state index contributed by atoms with van der Waals surface area (Å²) in [7, 11) is 0. The molecule has 0 aliphatic carbocycles. The molecule has 1 saturated heterocycles. The van der Waals surface area contributed by atoms with E-state index in [0.717, 1.165) is 22.9 Å². The molecule has 2 aromatic carbocycles. The first-order chi connectivity index (χ1) is 16.8. The monoisotopic (exact) mass is 491 g/mol. The Kier molecular flexibility index (Phi) is 7.20. The molecule has 8 nitrogen and oxygen atoms in total. The number of pyridine rings is 1. The highest BCUT2D eigenvalue weighted by Gasteiger charge is 2.31. The first-order valence-electron chi connectivity index (χ1n) is 11.4. The summed E-state index contributed by atoms with van der Waals surface area (Å²) in [5, 5.41) is 10.4. The number of piperazine rings is 1. The predicted octanol–water partition coefficient (Wildman–Crippen LogP) is 4.32. The van der Waals surface area contributed by atoms with Crippen molar-refractivity contribution in [1.82, 2.24) is 14.8 Å². The summed E-state index contributed by atoms with van der Waals surface area (Å²) in [6, 6.07) is 14.5. The Morgan fingerprint density at radius 3 is 2.63 bits per heavy atom. The molecule has 0 spiro atoms. The van der Waals surface area contributed by atoms with E-state index in [4.69, 9.17) is 32.3 Å². The minimum Gasteiger partial charge on any atom is -0.449 e. The number of nitrogens with zero attached hydrogens (tertiary/aromatic N) is 4. The van der Waals surface area contributed by atoms with Crippen LogP contribution in [0.3, 0.4) is 0 Å². The third kappa shape index (κ3) is 4.92. The summed E-state index contributed by atoms with van der Waals surface area (Å²) in [6.07, 6.45) is -0.372. The summed E-state index contributed by atoms with van der Waals surface area (Å²) in [5.74, 6) is -0.192. The van der Waals surface area contributed by atoms with Gasteiger partial charge in [-0.25, -0.2) is 9.78 Å². The van der Waals surface area contributed by atoms with Crippen LogP contribution < -0.4 is 5.73 Å². The van der Waals surface area contributed by atoms with Gasteiger partial charge in [-0.2, -0.15) is 5.26 Å². The Morgan fingerprint density at radius 1 is 1.23 bits per heavy atom. The molecule has 2 heterocycles.